The molecule has 10 atom stereocenters. The van der Waals surface area contributed by atoms with Crippen molar-refractivity contribution >= 4 is 11.6 Å². The molecule has 3 saturated carbocycles. The molecular formula is C29H46O8. The van der Waals surface area contributed by atoms with Crippen molar-refractivity contribution < 1.29 is 40.2 Å². The lowest BCUT2D eigenvalue weighted by atomic mass is 9.44. The number of allylic oxidation sites excluding steroid dienone is 1. The third-order valence-electron chi connectivity index (χ3n) is 11.2. The predicted octanol–water partition coefficient (Wildman–Crippen LogP) is 1.81. The van der Waals surface area contributed by atoms with Crippen molar-refractivity contribution in [3.05, 3.63) is 11.6 Å². The summed E-state index contributed by atoms with van der Waals surface area (Å²) in [5.41, 5.74) is -6.88. The lowest BCUT2D eigenvalue weighted by Gasteiger charge is -2.61. The van der Waals surface area contributed by atoms with Gasteiger partial charge in [-0.05, 0) is 108 Å². The van der Waals surface area contributed by atoms with Gasteiger partial charge in [-0.2, -0.15) is 0 Å². The minimum atomic E-state index is -1.94. The Labute approximate surface area is 219 Å². The van der Waals surface area contributed by atoms with Gasteiger partial charge in [0.25, 0.3) is 0 Å². The van der Waals surface area contributed by atoms with Crippen LogP contribution in [0.3, 0.4) is 0 Å². The normalized spacial score (nSPS) is 46.3. The Kier molecular flexibility index (Phi) is 6.76. The summed E-state index contributed by atoms with van der Waals surface area (Å²) in [6.45, 7) is 9.98. The maximum Gasteiger partial charge on any atom is 0.163 e. The summed E-state index contributed by atoms with van der Waals surface area (Å²) in [5.74, 6) is -2.02. The fourth-order valence-corrected chi connectivity index (χ4v) is 8.77. The van der Waals surface area contributed by atoms with Gasteiger partial charge in [-0.1, -0.05) is 13.8 Å². The molecule has 8 nitrogen and oxygen atoms in total. The SMILES string of the molecule is CC(=O)[C@]1(O)C[C@]2(C)C3CC[C@]4(C)[C@H](C(C)(O)[C@H](O)CCC(C)(C)O)CC[C@@]4(O)C3=CC(=O)[C@@H]2C[C@H]1O. The average Bonchev–Trinajstić information content (AvgIpc) is 3.05. The van der Waals surface area contributed by atoms with Crippen LogP contribution in [0.4, 0.5) is 0 Å². The van der Waals surface area contributed by atoms with E-state index in [0.29, 0.717) is 37.7 Å². The van der Waals surface area contributed by atoms with Crippen LogP contribution < -0.4 is 0 Å². The first kappa shape index (κ1) is 28.8. The third-order valence-corrected chi connectivity index (χ3v) is 11.2. The molecule has 0 aromatic carbocycles. The standard InChI is InChI=1S/C29H46O8/c1-16(30)28(36)15-25(4)17-7-11-26(5)21(27(6,35)22(32)9-10-24(2,3)34)8-12-29(26,37)18(17)13-20(31)19(25)14-23(28)33/h13,17,19,21-23,32-37H,7-12,14-15H2,1-6H3/t17?,19-,21+,22+,23+,25+,26+,27?,28+,29+/m0/s1. The highest BCUT2D eigenvalue weighted by atomic mass is 16.4. The van der Waals surface area contributed by atoms with Gasteiger partial charge < -0.3 is 30.6 Å². The highest BCUT2D eigenvalue weighted by molar-refractivity contribution is 5.96. The Morgan fingerprint density at radius 3 is 2.30 bits per heavy atom. The molecule has 0 amide bonds. The second-order valence-electron chi connectivity index (χ2n) is 14.0. The smallest absolute Gasteiger partial charge is 0.163 e. The van der Waals surface area contributed by atoms with Crippen LogP contribution in [0.5, 0.6) is 0 Å². The van der Waals surface area contributed by atoms with Crippen LogP contribution in [0.1, 0.15) is 92.9 Å². The van der Waals surface area contributed by atoms with Gasteiger partial charge in [0.1, 0.15) is 5.60 Å². The van der Waals surface area contributed by atoms with Crippen molar-refractivity contribution in [2.75, 3.05) is 0 Å². The number of carbonyl (C=O) groups excluding carboxylic acids is 2. The van der Waals surface area contributed by atoms with Crippen LogP contribution in [0.25, 0.3) is 0 Å². The van der Waals surface area contributed by atoms with E-state index in [1.165, 1.54) is 13.0 Å². The van der Waals surface area contributed by atoms with Gasteiger partial charge in [-0.3, -0.25) is 9.59 Å². The first-order valence-corrected chi connectivity index (χ1v) is 13.8. The van der Waals surface area contributed by atoms with Crippen LogP contribution in [0, 0.1) is 28.6 Å². The Balaban J connectivity index is 1.69. The van der Waals surface area contributed by atoms with E-state index in [1.807, 2.05) is 13.8 Å². The lowest BCUT2D eigenvalue weighted by molar-refractivity contribution is -0.193. The second-order valence-corrected chi connectivity index (χ2v) is 14.0. The van der Waals surface area contributed by atoms with Gasteiger partial charge in [0.15, 0.2) is 11.6 Å². The average molecular weight is 523 g/mol. The topological polar surface area (TPSA) is 156 Å². The number of aliphatic hydroxyl groups excluding tert-OH is 2. The van der Waals surface area contributed by atoms with Crippen molar-refractivity contribution in [1.82, 2.24) is 0 Å². The number of Topliss-reactive ketones (excluding diaryl/α,β-unsaturated/α-hetero) is 1. The van der Waals surface area contributed by atoms with E-state index in [2.05, 4.69) is 0 Å². The molecule has 210 valence electrons. The second kappa shape index (κ2) is 8.67. The molecule has 37 heavy (non-hydrogen) atoms. The molecular weight excluding hydrogens is 476 g/mol. The van der Waals surface area contributed by atoms with E-state index in [0.717, 1.165) is 0 Å². The van der Waals surface area contributed by atoms with Gasteiger partial charge in [-0.15, -0.1) is 0 Å². The molecule has 0 aromatic rings. The molecule has 3 fully saturated rings. The summed E-state index contributed by atoms with van der Waals surface area (Å²) in [5, 5.41) is 66.8. The van der Waals surface area contributed by atoms with Gasteiger partial charge in [0.2, 0.25) is 0 Å². The van der Waals surface area contributed by atoms with Crippen molar-refractivity contribution in [1.29, 1.82) is 0 Å². The van der Waals surface area contributed by atoms with Gasteiger partial charge >= 0.3 is 0 Å². The molecule has 0 bridgehead atoms. The van der Waals surface area contributed by atoms with Gasteiger partial charge in [0.05, 0.1) is 29.0 Å². The fourth-order valence-electron chi connectivity index (χ4n) is 8.77. The van der Waals surface area contributed by atoms with Crippen LogP contribution >= 0.6 is 0 Å². The Morgan fingerprint density at radius 2 is 1.73 bits per heavy atom. The molecule has 0 heterocycles. The molecule has 0 aliphatic heterocycles. The molecule has 0 spiro atoms. The molecule has 0 radical (unpaired) electrons. The number of fused-ring (bicyclic) bond motifs is 5. The zero-order valence-corrected chi connectivity index (χ0v) is 23.1. The minimum Gasteiger partial charge on any atom is -0.390 e. The molecule has 4 aliphatic rings. The van der Waals surface area contributed by atoms with Crippen molar-refractivity contribution in [2.45, 2.75) is 128 Å². The molecule has 6 N–H and O–H groups in total. The first-order chi connectivity index (χ1) is 16.7. The number of ketones is 2. The Bertz CT molecular complexity index is 996. The Hall–Kier alpha value is -1.16. The zero-order chi connectivity index (χ0) is 28.0. The quantitative estimate of drug-likeness (QED) is 0.309. The van der Waals surface area contributed by atoms with Crippen LogP contribution in [0.2, 0.25) is 0 Å². The molecule has 4 rings (SSSR count). The van der Waals surface area contributed by atoms with E-state index in [9.17, 15) is 40.2 Å². The minimum absolute atomic E-state index is 0.00781. The van der Waals surface area contributed by atoms with E-state index >= 15 is 0 Å². The number of rotatable bonds is 6. The van der Waals surface area contributed by atoms with Gasteiger partial charge in [-0.25, -0.2) is 0 Å². The lowest BCUT2D eigenvalue weighted by Crippen LogP contribution is -2.65. The molecule has 2 unspecified atom stereocenters. The molecule has 0 saturated heterocycles. The number of hydrogen-bond acceptors (Lipinski definition) is 8. The summed E-state index contributed by atoms with van der Waals surface area (Å²) in [7, 11) is 0. The highest BCUT2D eigenvalue weighted by Gasteiger charge is 2.70. The van der Waals surface area contributed by atoms with E-state index in [1.54, 1.807) is 20.8 Å². The Morgan fingerprint density at radius 1 is 1.11 bits per heavy atom. The van der Waals surface area contributed by atoms with Crippen LogP contribution in [-0.4, -0.2) is 76.8 Å². The van der Waals surface area contributed by atoms with Crippen molar-refractivity contribution in [3.8, 4) is 0 Å². The number of carbonyl (C=O) groups is 2. The summed E-state index contributed by atoms with van der Waals surface area (Å²) in [4.78, 5) is 25.8. The van der Waals surface area contributed by atoms with E-state index in [4.69, 9.17) is 0 Å². The van der Waals surface area contributed by atoms with Crippen LogP contribution in [0.15, 0.2) is 11.6 Å². The van der Waals surface area contributed by atoms with E-state index < -0.39 is 63.1 Å². The molecule has 0 aromatic heterocycles. The molecule has 8 heteroatoms. The zero-order valence-electron chi connectivity index (χ0n) is 23.1. The predicted molar refractivity (Wildman–Crippen MR) is 136 cm³/mol. The largest absolute Gasteiger partial charge is 0.390 e. The van der Waals surface area contributed by atoms with Crippen LogP contribution in [-0.2, 0) is 9.59 Å². The number of aliphatic hydroxyl groups is 6. The van der Waals surface area contributed by atoms with Crippen molar-refractivity contribution in [3.63, 3.8) is 0 Å². The monoisotopic (exact) mass is 522 g/mol. The summed E-state index contributed by atoms with van der Waals surface area (Å²) in [6.07, 6.45) is 1.44. The van der Waals surface area contributed by atoms with E-state index in [-0.39, 0.29) is 31.0 Å². The summed E-state index contributed by atoms with van der Waals surface area (Å²) < 4.78 is 0. The molecule has 4 aliphatic carbocycles. The summed E-state index contributed by atoms with van der Waals surface area (Å²) >= 11 is 0. The number of hydrogen-bond donors (Lipinski definition) is 6. The fraction of sp³-hybridized carbons (Fsp3) is 0.862. The third kappa shape index (κ3) is 4.09. The maximum atomic E-state index is 13.4. The first-order valence-electron chi connectivity index (χ1n) is 13.8. The summed E-state index contributed by atoms with van der Waals surface area (Å²) in [6, 6.07) is 0. The highest BCUT2D eigenvalue weighted by Crippen LogP contribution is 2.69. The maximum absolute atomic E-state index is 13.4. The van der Waals surface area contributed by atoms with Gasteiger partial charge in [0, 0.05) is 11.3 Å². The van der Waals surface area contributed by atoms with Crippen molar-refractivity contribution in [2.24, 2.45) is 28.6 Å².